The zero-order chi connectivity index (χ0) is 15.7. The summed E-state index contributed by atoms with van der Waals surface area (Å²) in [5, 5.41) is 0. The number of rotatable bonds is 5. The maximum absolute atomic E-state index is 11.5. The van der Waals surface area contributed by atoms with Gasteiger partial charge in [-0.05, 0) is 12.1 Å². The predicted octanol–water partition coefficient (Wildman–Crippen LogP) is 0.487. The fourth-order valence-corrected chi connectivity index (χ4v) is 2.91. The maximum Gasteiger partial charge on any atom is 0.232 e. The summed E-state index contributed by atoms with van der Waals surface area (Å²) >= 11 is -2.67. The molecule has 0 fully saturated rings. The molecular formula is C12H14NO6S2-. The number of ether oxygens (including phenoxy) is 1. The first-order valence-corrected chi connectivity index (χ1v) is 8.75. The summed E-state index contributed by atoms with van der Waals surface area (Å²) < 4.78 is 54.3. The summed E-state index contributed by atoms with van der Waals surface area (Å²) in [5.41, 5.74) is -0.566. The second-order valence-electron chi connectivity index (χ2n) is 4.56. The van der Waals surface area contributed by atoms with Crippen molar-refractivity contribution in [3.8, 4) is 0 Å². The van der Waals surface area contributed by atoms with Crippen molar-refractivity contribution in [1.29, 1.82) is 0 Å². The maximum atomic E-state index is 11.5. The largest absolute Gasteiger partial charge is 0.750 e. The minimum atomic E-state index is -3.30. The topological polar surface area (TPSA) is 96.0 Å². The van der Waals surface area contributed by atoms with E-state index in [0.29, 0.717) is 5.56 Å². The molecule has 21 heavy (non-hydrogen) atoms. The highest BCUT2D eigenvalue weighted by Crippen LogP contribution is 2.34. The van der Waals surface area contributed by atoms with Crippen LogP contribution < -0.4 is 0 Å². The van der Waals surface area contributed by atoms with Crippen LogP contribution in [-0.2, 0) is 35.8 Å². The predicted molar refractivity (Wildman–Crippen MR) is 74.1 cm³/mol. The van der Waals surface area contributed by atoms with Gasteiger partial charge in [-0.1, -0.05) is 12.1 Å². The highest BCUT2D eigenvalue weighted by Gasteiger charge is 2.41. The second-order valence-corrected chi connectivity index (χ2v) is 7.22. The molecule has 0 radical (unpaired) electrons. The number of nitrogens with zero attached hydrogens (tertiary/aromatic N) is 1. The van der Waals surface area contributed by atoms with Gasteiger partial charge in [-0.15, -0.1) is 0 Å². The van der Waals surface area contributed by atoms with E-state index in [1.807, 2.05) is 0 Å². The van der Waals surface area contributed by atoms with E-state index in [9.17, 15) is 17.2 Å². The first-order chi connectivity index (χ1) is 9.75. The van der Waals surface area contributed by atoms with Crippen LogP contribution in [0.1, 0.15) is 5.56 Å². The van der Waals surface area contributed by atoms with Gasteiger partial charge in [-0.2, -0.15) is 0 Å². The Morgan fingerprint density at radius 1 is 1.38 bits per heavy atom. The lowest BCUT2D eigenvalue weighted by Gasteiger charge is -2.35. The molecular weight excluding hydrogens is 318 g/mol. The third-order valence-electron chi connectivity index (χ3n) is 3.20. The van der Waals surface area contributed by atoms with Crippen LogP contribution >= 0.6 is 0 Å². The van der Waals surface area contributed by atoms with E-state index in [2.05, 4.69) is 4.18 Å². The second kappa shape index (κ2) is 5.76. The molecule has 0 amide bonds. The van der Waals surface area contributed by atoms with Crippen LogP contribution in [0.2, 0.25) is 0 Å². The van der Waals surface area contributed by atoms with Crippen LogP contribution in [0.5, 0.6) is 0 Å². The Balaban J connectivity index is 2.36. The molecule has 0 saturated heterocycles. The molecule has 0 saturated carbocycles. The first kappa shape index (κ1) is 16.0. The van der Waals surface area contributed by atoms with Gasteiger partial charge in [0, 0.05) is 25.1 Å². The van der Waals surface area contributed by atoms with Gasteiger partial charge in [0.2, 0.25) is 5.72 Å². The molecule has 2 rings (SSSR count). The lowest BCUT2D eigenvalue weighted by molar-refractivity contribution is -0.0892. The van der Waals surface area contributed by atoms with Crippen molar-refractivity contribution in [2.75, 3.05) is 19.9 Å². The molecule has 2 atom stereocenters. The van der Waals surface area contributed by atoms with Gasteiger partial charge in [0.25, 0.3) is 0 Å². The Morgan fingerprint density at radius 2 is 2.00 bits per heavy atom. The van der Waals surface area contributed by atoms with Crippen molar-refractivity contribution in [3.63, 3.8) is 0 Å². The number of benzene rings is 1. The average Bonchev–Trinajstić information content (AvgIpc) is 2.78. The zero-order valence-electron chi connectivity index (χ0n) is 11.4. The zero-order valence-corrected chi connectivity index (χ0v) is 13.0. The van der Waals surface area contributed by atoms with Crippen LogP contribution in [0.3, 0.4) is 0 Å². The van der Waals surface area contributed by atoms with Crippen molar-refractivity contribution >= 4 is 21.2 Å². The average molecular weight is 332 g/mol. The highest BCUT2D eigenvalue weighted by atomic mass is 32.2. The molecule has 1 aromatic rings. The third kappa shape index (κ3) is 3.26. The van der Waals surface area contributed by atoms with Crippen LogP contribution in [0.25, 0.3) is 0 Å². The molecule has 0 bridgehead atoms. The summed E-state index contributed by atoms with van der Waals surface area (Å²) in [6.45, 7) is -0.259. The van der Waals surface area contributed by atoms with E-state index < -0.39 is 26.9 Å². The van der Waals surface area contributed by atoms with Crippen molar-refractivity contribution in [3.05, 3.63) is 42.3 Å². The quantitative estimate of drug-likeness (QED) is 0.724. The SMILES string of the molecule is CN1C=COC1(COS(=O)[O-])c1ccc(S(C)(=O)=O)cc1. The Kier molecular flexibility index (Phi) is 4.38. The Labute approximate surface area is 125 Å². The summed E-state index contributed by atoms with van der Waals surface area (Å²) in [6.07, 6.45) is 4.16. The molecule has 1 heterocycles. The third-order valence-corrected chi connectivity index (χ3v) is 4.64. The van der Waals surface area contributed by atoms with Gasteiger partial charge >= 0.3 is 0 Å². The van der Waals surface area contributed by atoms with E-state index in [1.165, 1.54) is 18.4 Å². The molecule has 1 aromatic carbocycles. The van der Waals surface area contributed by atoms with Gasteiger partial charge in [0.05, 0.1) is 16.3 Å². The number of hydrogen-bond donors (Lipinski definition) is 0. The van der Waals surface area contributed by atoms with Crippen LogP contribution in [0.15, 0.2) is 41.6 Å². The number of sulfone groups is 1. The molecule has 0 N–H and O–H groups in total. The van der Waals surface area contributed by atoms with Gasteiger partial charge in [0.15, 0.2) is 9.84 Å². The monoisotopic (exact) mass is 332 g/mol. The molecule has 0 aliphatic carbocycles. The molecule has 1 aliphatic rings. The lowest BCUT2D eigenvalue weighted by Crippen LogP contribution is -2.43. The summed E-state index contributed by atoms with van der Waals surface area (Å²) in [6, 6.07) is 6.01. The summed E-state index contributed by atoms with van der Waals surface area (Å²) in [5.74, 6) is 0. The highest BCUT2D eigenvalue weighted by molar-refractivity contribution is 7.90. The van der Waals surface area contributed by atoms with E-state index in [1.54, 1.807) is 30.3 Å². The minimum absolute atomic E-state index is 0.170. The van der Waals surface area contributed by atoms with Gasteiger partial charge in [-0.3, -0.25) is 4.18 Å². The molecule has 0 aromatic heterocycles. The molecule has 1 aliphatic heterocycles. The standard InChI is InChI=1S/C12H15NO6S2/c1-13-7-8-18-12(13,9-19-20(14)15)10-3-5-11(6-4-10)21(2,16)17/h3-8H,9H2,1-2H3,(H,14,15)/p-1. The molecule has 116 valence electrons. The normalized spacial score (nSPS) is 23.1. The lowest BCUT2D eigenvalue weighted by atomic mass is 10.0. The summed E-state index contributed by atoms with van der Waals surface area (Å²) in [7, 11) is -1.60. The number of hydrogen-bond acceptors (Lipinski definition) is 7. The van der Waals surface area contributed by atoms with Crippen molar-refractivity contribution < 1.29 is 26.1 Å². The van der Waals surface area contributed by atoms with E-state index in [0.717, 1.165) is 6.26 Å². The fraction of sp³-hybridized carbons (Fsp3) is 0.333. The molecule has 2 unspecified atom stereocenters. The molecule has 7 nitrogen and oxygen atoms in total. The van der Waals surface area contributed by atoms with Crippen molar-refractivity contribution in [2.24, 2.45) is 0 Å². The van der Waals surface area contributed by atoms with Gasteiger partial charge in [0.1, 0.15) is 12.9 Å². The fourth-order valence-electron chi connectivity index (χ4n) is 2.02. The van der Waals surface area contributed by atoms with Crippen LogP contribution in [0.4, 0.5) is 0 Å². The van der Waals surface area contributed by atoms with Crippen molar-refractivity contribution in [1.82, 2.24) is 4.90 Å². The number of likely N-dealkylation sites (N-methyl/N-ethyl adjacent to an activating group) is 1. The molecule has 9 heteroatoms. The van der Waals surface area contributed by atoms with Crippen LogP contribution in [-0.4, -0.2) is 42.0 Å². The smallest absolute Gasteiger partial charge is 0.232 e. The Morgan fingerprint density at radius 3 is 2.43 bits per heavy atom. The van der Waals surface area contributed by atoms with E-state index >= 15 is 0 Å². The molecule has 0 spiro atoms. The minimum Gasteiger partial charge on any atom is -0.750 e. The van der Waals surface area contributed by atoms with Gasteiger partial charge in [-0.25, -0.2) is 12.6 Å². The van der Waals surface area contributed by atoms with E-state index in [-0.39, 0.29) is 11.5 Å². The van der Waals surface area contributed by atoms with Crippen LogP contribution in [0, 0.1) is 0 Å². The summed E-state index contributed by atoms with van der Waals surface area (Å²) in [4.78, 5) is 1.82. The van der Waals surface area contributed by atoms with E-state index in [4.69, 9.17) is 4.74 Å². The van der Waals surface area contributed by atoms with Gasteiger partial charge < -0.3 is 14.2 Å². The Bertz CT molecular complexity index is 669. The first-order valence-electron chi connectivity index (χ1n) is 5.86. The van der Waals surface area contributed by atoms with Crippen molar-refractivity contribution in [2.45, 2.75) is 10.6 Å². The Hall–Kier alpha value is -1.42.